The fourth-order valence-electron chi connectivity index (χ4n) is 2.08. The van der Waals surface area contributed by atoms with Crippen LogP contribution in [-0.4, -0.2) is 4.98 Å². The summed E-state index contributed by atoms with van der Waals surface area (Å²) in [5.74, 6) is 0.629. The lowest BCUT2D eigenvalue weighted by Gasteiger charge is -1.95. The molecule has 0 spiro atoms. The SMILES string of the molecule is CCC[n+]1ccc(-c2nc3cc(N)ccc3o2)cc1.[I-]. The van der Waals surface area contributed by atoms with E-state index in [4.69, 9.17) is 10.2 Å². The van der Waals surface area contributed by atoms with E-state index in [9.17, 15) is 0 Å². The molecule has 2 N–H and O–H groups in total. The monoisotopic (exact) mass is 381 g/mol. The molecule has 0 amide bonds. The van der Waals surface area contributed by atoms with Gasteiger partial charge in [0.2, 0.25) is 5.89 Å². The topological polar surface area (TPSA) is 55.9 Å². The second kappa shape index (κ2) is 6.21. The molecule has 2 aromatic heterocycles. The number of anilines is 1. The maximum Gasteiger partial charge on any atom is 0.227 e. The summed E-state index contributed by atoms with van der Waals surface area (Å²) in [6, 6.07) is 9.52. The predicted octanol–water partition coefficient (Wildman–Crippen LogP) is -0.221. The molecular formula is C15H16IN3O. The quantitative estimate of drug-likeness (QED) is 0.388. The van der Waals surface area contributed by atoms with Crippen molar-refractivity contribution >= 4 is 16.8 Å². The van der Waals surface area contributed by atoms with Gasteiger partial charge >= 0.3 is 0 Å². The third-order valence-electron chi connectivity index (χ3n) is 3.03. The summed E-state index contributed by atoms with van der Waals surface area (Å²) < 4.78 is 7.88. The first-order valence-corrected chi connectivity index (χ1v) is 6.42. The molecule has 0 radical (unpaired) electrons. The number of fused-ring (bicyclic) bond motifs is 1. The summed E-state index contributed by atoms with van der Waals surface area (Å²) >= 11 is 0. The number of oxazole rings is 1. The predicted molar refractivity (Wildman–Crippen MR) is 74.3 cm³/mol. The van der Waals surface area contributed by atoms with Gasteiger partial charge < -0.3 is 34.1 Å². The maximum absolute atomic E-state index is 5.74. The van der Waals surface area contributed by atoms with Crippen LogP contribution in [-0.2, 0) is 6.54 Å². The lowest BCUT2D eigenvalue weighted by Crippen LogP contribution is -3.00. The van der Waals surface area contributed by atoms with Gasteiger partial charge in [0.05, 0.1) is 0 Å². The Hall–Kier alpha value is -1.63. The molecule has 0 unspecified atom stereocenters. The summed E-state index contributed by atoms with van der Waals surface area (Å²) in [5, 5.41) is 0. The molecule has 0 aliphatic heterocycles. The third kappa shape index (κ3) is 2.92. The number of nitrogen functional groups attached to an aromatic ring is 1. The zero-order chi connectivity index (χ0) is 13.2. The number of aryl methyl sites for hydroxylation is 1. The number of hydrogen-bond donors (Lipinski definition) is 1. The number of benzene rings is 1. The van der Waals surface area contributed by atoms with E-state index in [-0.39, 0.29) is 24.0 Å². The molecule has 0 saturated carbocycles. The minimum absolute atomic E-state index is 0. The number of rotatable bonds is 3. The van der Waals surface area contributed by atoms with E-state index >= 15 is 0 Å². The van der Waals surface area contributed by atoms with Gasteiger partial charge in [0.1, 0.15) is 12.1 Å². The molecule has 0 atom stereocenters. The molecule has 3 rings (SSSR count). The van der Waals surface area contributed by atoms with E-state index < -0.39 is 0 Å². The first-order valence-electron chi connectivity index (χ1n) is 6.42. The van der Waals surface area contributed by atoms with Crippen LogP contribution in [0.5, 0.6) is 0 Å². The Morgan fingerprint density at radius 2 is 1.95 bits per heavy atom. The molecule has 2 heterocycles. The van der Waals surface area contributed by atoms with Crippen molar-refractivity contribution in [3.63, 3.8) is 0 Å². The molecule has 0 aliphatic carbocycles. The standard InChI is InChI=1S/C15H16N3O.HI/c1-2-7-18-8-5-11(6-9-18)15-17-13-10-12(16)3-4-14(13)19-15;/h3-6,8-10H,2,7,16H2,1H3;1H/q+1;/p-1. The van der Waals surface area contributed by atoms with Gasteiger partial charge in [-0.2, -0.15) is 0 Å². The van der Waals surface area contributed by atoms with Crippen LogP contribution in [0, 0.1) is 0 Å². The van der Waals surface area contributed by atoms with Gasteiger partial charge in [-0.3, -0.25) is 0 Å². The molecule has 0 bridgehead atoms. The second-order valence-corrected chi connectivity index (χ2v) is 4.57. The Morgan fingerprint density at radius 1 is 1.20 bits per heavy atom. The highest BCUT2D eigenvalue weighted by atomic mass is 127. The van der Waals surface area contributed by atoms with Crippen molar-refractivity contribution < 1.29 is 33.0 Å². The summed E-state index contributed by atoms with van der Waals surface area (Å²) in [6.07, 6.45) is 5.20. The van der Waals surface area contributed by atoms with Crippen LogP contribution in [0.3, 0.4) is 0 Å². The smallest absolute Gasteiger partial charge is 0.227 e. The maximum atomic E-state index is 5.74. The van der Waals surface area contributed by atoms with Gasteiger partial charge in [-0.1, -0.05) is 6.92 Å². The van der Waals surface area contributed by atoms with E-state index in [0.717, 1.165) is 29.6 Å². The summed E-state index contributed by atoms with van der Waals surface area (Å²) in [6.45, 7) is 3.18. The van der Waals surface area contributed by atoms with E-state index in [2.05, 4.69) is 16.5 Å². The Bertz CT molecular complexity index is 707. The van der Waals surface area contributed by atoms with Crippen LogP contribution in [0.2, 0.25) is 0 Å². The van der Waals surface area contributed by atoms with Crippen LogP contribution >= 0.6 is 0 Å². The molecule has 20 heavy (non-hydrogen) atoms. The number of hydrogen-bond acceptors (Lipinski definition) is 3. The molecular weight excluding hydrogens is 365 g/mol. The number of aromatic nitrogens is 2. The number of nitrogens with two attached hydrogens (primary N) is 1. The molecule has 4 nitrogen and oxygen atoms in total. The van der Waals surface area contributed by atoms with E-state index in [1.54, 1.807) is 0 Å². The van der Waals surface area contributed by atoms with Crippen molar-refractivity contribution in [3.8, 4) is 11.5 Å². The average molecular weight is 381 g/mol. The van der Waals surface area contributed by atoms with Crippen LogP contribution in [0.4, 0.5) is 5.69 Å². The Balaban J connectivity index is 0.00000147. The second-order valence-electron chi connectivity index (χ2n) is 4.57. The van der Waals surface area contributed by atoms with Crippen molar-refractivity contribution in [2.24, 2.45) is 0 Å². The fourth-order valence-corrected chi connectivity index (χ4v) is 2.08. The van der Waals surface area contributed by atoms with Crippen LogP contribution in [0.25, 0.3) is 22.6 Å². The molecule has 0 fully saturated rings. The summed E-state index contributed by atoms with van der Waals surface area (Å²) in [4.78, 5) is 4.46. The third-order valence-corrected chi connectivity index (χ3v) is 3.03. The van der Waals surface area contributed by atoms with Crippen molar-refractivity contribution in [1.29, 1.82) is 0 Å². The minimum atomic E-state index is 0. The number of nitrogens with zero attached hydrogens (tertiary/aromatic N) is 2. The first-order chi connectivity index (χ1) is 9.26. The molecule has 5 heteroatoms. The van der Waals surface area contributed by atoms with Crippen molar-refractivity contribution in [3.05, 3.63) is 42.7 Å². The fraction of sp³-hybridized carbons (Fsp3) is 0.200. The van der Waals surface area contributed by atoms with Gasteiger partial charge in [0, 0.05) is 29.8 Å². The van der Waals surface area contributed by atoms with E-state index in [0.29, 0.717) is 11.6 Å². The molecule has 3 aromatic rings. The van der Waals surface area contributed by atoms with Crippen molar-refractivity contribution in [2.75, 3.05) is 5.73 Å². The van der Waals surface area contributed by atoms with E-state index in [1.807, 2.05) is 42.7 Å². The first kappa shape index (κ1) is 14.8. The van der Waals surface area contributed by atoms with Crippen molar-refractivity contribution in [2.45, 2.75) is 19.9 Å². The molecule has 0 saturated heterocycles. The van der Waals surface area contributed by atoms with Gasteiger partial charge in [-0.25, -0.2) is 9.55 Å². The zero-order valence-corrected chi connectivity index (χ0v) is 13.4. The zero-order valence-electron chi connectivity index (χ0n) is 11.2. The number of pyridine rings is 1. The Labute approximate surface area is 134 Å². The van der Waals surface area contributed by atoms with Crippen molar-refractivity contribution in [1.82, 2.24) is 4.98 Å². The van der Waals surface area contributed by atoms with Gasteiger partial charge in [-0.05, 0) is 18.2 Å². The van der Waals surface area contributed by atoms with Crippen LogP contribution < -0.4 is 34.3 Å². The molecule has 0 aliphatic rings. The largest absolute Gasteiger partial charge is 1.00 e. The minimum Gasteiger partial charge on any atom is -1.00 e. The highest BCUT2D eigenvalue weighted by Gasteiger charge is 2.09. The lowest BCUT2D eigenvalue weighted by atomic mass is 10.2. The normalized spacial score (nSPS) is 10.4. The average Bonchev–Trinajstić information content (AvgIpc) is 2.83. The van der Waals surface area contributed by atoms with Crippen LogP contribution in [0.1, 0.15) is 13.3 Å². The van der Waals surface area contributed by atoms with Crippen LogP contribution in [0.15, 0.2) is 47.1 Å². The van der Waals surface area contributed by atoms with Gasteiger partial charge in [0.25, 0.3) is 0 Å². The molecule has 104 valence electrons. The Morgan fingerprint density at radius 3 is 2.65 bits per heavy atom. The highest BCUT2D eigenvalue weighted by molar-refractivity contribution is 5.79. The lowest BCUT2D eigenvalue weighted by molar-refractivity contribution is -0.696. The summed E-state index contributed by atoms with van der Waals surface area (Å²) in [7, 11) is 0. The van der Waals surface area contributed by atoms with Gasteiger partial charge in [-0.15, -0.1) is 0 Å². The summed E-state index contributed by atoms with van der Waals surface area (Å²) in [5.41, 5.74) is 8.96. The Kier molecular flexibility index (Phi) is 4.59. The highest BCUT2D eigenvalue weighted by Crippen LogP contribution is 2.24. The molecule has 1 aromatic carbocycles. The number of halogens is 1. The van der Waals surface area contributed by atoms with Gasteiger partial charge in [0.15, 0.2) is 18.0 Å². The van der Waals surface area contributed by atoms with E-state index in [1.165, 1.54) is 0 Å².